The van der Waals surface area contributed by atoms with Crippen LogP contribution in [-0.4, -0.2) is 44.0 Å². The molecule has 1 aliphatic heterocycles. The van der Waals surface area contributed by atoms with Gasteiger partial charge >= 0.3 is 0 Å². The highest BCUT2D eigenvalue weighted by Crippen LogP contribution is 2.30. The molecule has 1 aromatic carbocycles. The fourth-order valence-electron chi connectivity index (χ4n) is 3.68. The van der Waals surface area contributed by atoms with E-state index in [4.69, 9.17) is 0 Å². The van der Waals surface area contributed by atoms with Crippen molar-refractivity contribution in [2.24, 2.45) is 0 Å². The fourth-order valence-corrected chi connectivity index (χ4v) is 3.68. The number of pyridine rings is 1. The molecule has 1 fully saturated rings. The summed E-state index contributed by atoms with van der Waals surface area (Å²) in [5.74, 6) is 1.20. The summed E-state index contributed by atoms with van der Waals surface area (Å²) in [5.41, 5.74) is 3.18. The smallest absolute Gasteiger partial charge is 0.257 e. The van der Waals surface area contributed by atoms with E-state index in [0.29, 0.717) is 36.1 Å². The van der Waals surface area contributed by atoms with Gasteiger partial charge in [-0.3, -0.25) is 9.78 Å². The number of hydrogen-bond donors (Lipinski definition) is 1. The molecule has 3 aromatic rings. The Labute approximate surface area is 163 Å². The van der Waals surface area contributed by atoms with Crippen molar-refractivity contribution in [2.45, 2.75) is 25.7 Å². The molecule has 6 heteroatoms. The van der Waals surface area contributed by atoms with Crippen LogP contribution in [0.1, 0.15) is 40.4 Å². The fraction of sp³-hybridized carbons (Fsp3) is 0.273. The zero-order valence-corrected chi connectivity index (χ0v) is 15.7. The monoisotopic (exact) mass is 374 g/mol. The summed E-state index contributed by atoms with van der Waals surface area (Å²) >= 11 is 0. The molecule has 0 saturated carbocycles. The lowest BCUT2D eigenvalue weighted by atomic mass is 9.89. The van der Waals surface area contributed by atoms with Crippen molar-refractivity contribution in [1.82, 2.24) is 19.9 Å². The van der Waals surface area contributed by atoms with Crippen molar-refractivity contribution in [1.29, 1.82) is 0 Å². The summed E-state index contributed by atoms with van der Waals surface area (Å²) in [6.07, 6.45) is 6.79. The van der Waals surface area contributed by atoms with Crippen molar-refractivity contribution >= 4 is 5.91 Å². The minimum absolute atomic E-state index is 0.0235. The first kappa shape index (κ1) is 18.1. The lowest BCUT2D eigenvalue weighted by Gasteiger charge is -2.32. The van der Waals surface area contributed by atoms with Crippen molar-refractivity contribution in [2.75, 3.05) is 13.1 Å². The van der Waals surface area contributed by atoms with Crippen LogP contribution in [0.4, 0.5) is 0 Å². The van der Waals surface area contributed by atoms with Gasteiger partial charge in [0, 0.05) is 37.2 Å². The second kappa shape index (κ2) is 7.76. The van der Waals surface area contributed by atoms with Crippen LogP contribution in [0.3, 0.4) is 0 Å². The summed E-state index contributed by atoms with van der Waals surface area (Å²) in [6, 6.07) is 11.1. The largest absolute Gasteiger partial charge is 0.508 e. The van der Waals surface area contributed by atoms with Gasteiger partial charge in [0.05, 0.1) is 11.3 Å². The number of aryl methyl sites for hydroxylation is 1. The van der Waals surface area contributed by atoms with Gasteiger partial charge in [0.25, 0.3) is 5.91 Å². The lowest BCUT2D eigenvalue weighted by Crippen LogP contribution is -2.38. The van der Waals surface area contributed by atoms with E-state index in [0.717, 1.165) is 24.0 Å². The van der Waals surface area contributed by atoms with Gasteiger partial charge in [-0.2, -0.15) is 0 Å². The van der Waals surface area contributed by atoms with Gasteiger partial charge in [-0.25, -0.2) is 9.97 Å². The Morgan fingerprint density at radius 2 is 1.96 bits per heavy atom. The molecule has 0 atom stereocenters. The van der Waals surface area contributed by atoms with Crippen LogP contribution in [0, 0.1) is 6.92 Å². The number of rotatable bonds is 3. The molecule has 142 valence electrons. The molecule has 0 aliphatic carbocycles. The number of phenols is 1. The number of piperidine rings is 1. The molecule has 1 aliphatic rings. The first-order valence-electron chi connectivity index (χ1n) is 9.44. The second-order valence-electron chi connectivity index (χ2n) is 7.10. The zero-order valence-electron chi connectivity index (χ0n) is 15.7. The molecule has 0 unspecified atom stereocenters. The summed E-state index contributed by atoms with van der Waals surface area (Å²) < 4.78 is 0. The number of aromatic hydroxyl groups is 1. The van der Waals surface area contributed by atoms with Gasteiger partial charge in [-0.15, -0.1) is 0 Å². The Hall–Kier alpha value is -3.28. The zero-order chi connectivity index (χ0) is 19.5. The molecule has 1 amide bonds. The van der Waals surface area contributed by atoms with Crippen molar-refractivity contribution in [3.63, 3.8) is 0 Å². The summed E-state index contributed by atoms with van der Waals surface area (Å²) in [4.78, 5) is 27.8. The molecule has 0 spiro atoms. The molecule has 3 heterocycles. The highest BCUT2D eigenvalue weighted by molar-refractivity contribution is 5.95. The third-order valence-electron chi connectivity index (χ3n) is 5.25. The molecule has 4 rings (SSSR count). The molecule has 2 aromatic heterocycles. The van der Waals surface area contributed by atoms with Gasteiger partial charge in [0.1, 0.15) is 5.75 Å². The predicted octanol–water partition coefficient (Wildman–Crippen LogP) is 3.57. The van der Waals surface area contributed by atoms with Crippen LogP contribution in [0.2, 0.25) is 0 Å². The van der Waals surface area contributed by atoms with Crippen LogP contribution >= 0.6 is 0 Å². The Morgan fingerprint density at radius 1 is 1.14 bits per heavy atom. The minimum Gasteiger partial charge on any atom is -0.508 e. The average Bonchev–Trinajstić information content (AvgIpc) is 2.74. The van der Waals surface area contributed by atoms with Crippen LogP contribution in [-0.2, 0) is 0 Å². The predicted molar refractivity (Wildman–Crippen MR) is 106 cm³/mol. The van der Waals surface area contributed by atoms with Crippen LogP contribution < -0.4 is 0 Å². The molecule has 0 radical (unpaired) electrons. The van der Waals surface area contributed by atoms with E-state index in [2.05, 4.69) is 15.0 Å². The maximum absolute atomic E-state index is 13.0. The summed E-state index contributed by atoms with van der Waals surface area (Å²) in [5, 5.41) is 9.69. The van der Waals surface area contributed by atoms with E-state index in [1.165, 1.54) is 0 Å². The molecule has 6 nitrogen and oxygen atoms in total. The number of amides is 1. The third kappa shape index (κ3) is 3.71. The third-order valence-corrected chi connectivity index (χ3v) is 5.25. The van der Waals surface area contributed by atoms with Crippen LogP contribution in [0.25, 0.3) is 11.4 Å². The second-order valence-corrected chi connectivity index (χ2v) is 7.10. The molecular weight excluding hydrogens is 352 g/mol. The Bertz CT molecular complexity index is 983. The first-order valence-corrected chi connectivity index (χ1v) is 9.44. The van der Waals surface area contributed by atoms with Gasteiger partial charge in [0.2, 0.25) is 0 Å². The molecule has 0 bridgehead atoms. The van der Waals surface area contributed by atoms with E-state index in [-0.39, 0.29) is 11.7 Å². The Balaban J connectivity index is 1.45. The van der Waals surface area contributed by atoms with E-state index >= 15 is 0 Å². The number of phenolic OH excluding ortho intramolecular Hbond substituents is 1. The van der Waals surface area contributed by atoms with Gasteiger partial charge < -0.3 is 10.0 Å². The topological polar surface area (TPSA) is 79.2 Å². The number of nitrogens with zero attached hydrogens (tertiary/aromatic N) is 4. The number of hydrogen-bond acceptors (Lipinski definition) is 5. The normalized spacial score (nSPS) is 14.8. The van der Waals surface area contributed by atoms with Gasteiger partial charge in [0.15, 0.2) is 5.82 Å². The Morgan fingerprint density at radius 3 is 2.64 bits per heavy atom. The maximum atomic E-state index is 13.0. The van der Waals surface area contributed by atoms with Crippen molar-refractivity contribution < 1.29 is 9.90 Å². The summed E-state index contributed by atoms with van der Waals surface area (Å²) in [7, 11) is 0. The molecular formula is C22H22N4O2. The van der Waals surface area contributed by atoms with E-state index in [9.17, 15) is 9.90 Å². The quantitative estimate of drug-likeness (QED) is 0.758. The minimum atomic E-state index is -0.0235. The highest BCUT2D eigenvalue weighted by atomic mass is 16.3. The number of carbonyl (C=O) groups excluding carboxylic acids is 1. The number of aromatic nitrogens is 3. The highest BCUT2D eigenvalue weighted by Gasteiger charge is 2.26. The lowest BCUT2D eigenvalue weighted by molar-refractivity contribution is 0.0711. The molecule has 1 saturated heterocycles. The van der Waals surface area contributed by atoms with Crippen LogP contribution in [0.15, 0.2) is 55.0 Å². The average molecular weight is 374 g/mol. The number of likely N-dealkylation sites (tertiary alicyclic amines) is 1. The van der Waals surface area contributed by atoms with E-state index in [1.54, 1.807) is 24.7 Å². The summed E-state index contributed by atoms with van der Waals surface area (Å²) in [6.45, 7) is 3.21. The number of carbonyl (C=O) groups is 1. The van der Waals surface area contributed by atoms with Crippen molar-refractivity contribution in [3.8, 4) is 17.1 Å². The standard InChI is InChI=1S/C22H22N4O2/c1-15-20(14-24-21(25-15)18-5-3-9-23-13-18)22(28)26-10-7-16(8-11-26)17-4-2-6-19(27)12-17/h2-6,9,12-14,16,27H,7-8,10-11H2,1H3. The Kier molecular flexibility index (Phi) is 5.02. The van der Waals surface area contributed by atoms with Crippen LogP contribution in [0.5, 0.6) is 5.75 Å². The molecule has 28 heavy (non-hydrogen) atoms. The van der Waals surface area contributed by atoms with Gasteiger partial charge in [-0.05, 0) is 55.5 Å². The number of benzene rings is 1. The van der Waals surface area contributed by atoms with E-state index < -0.39 is 0 Å². The first-order chi connectivity index (χ1) is 13.6. The van der Waals surface area contributed by atoms with Crippen molar-refractivity contribution in [3.05, 3.63) is 71.8 Å². The molecule has 1 N–H and O–H groups in total. The van der Waals surface area contributed by atoms with E-state index in [1.807, 2.05) is 42.2 Å². The maximum Gasteiger partial charge on any atom is 0.257 e. The SMILES string of the molecule is Cc1nc(-c2cccnc2)ncc1C(=O)N1CCC(c2cccc(O)c2)CC1. The van der Waals surface area contributed by atoms with Gasteiger partial charge in [-0.1, -0.05) is 12.1 Å².